The lowest BCUT2D eigenvalue weighted by atomic mass is 9.98. The Kier molecular flexibility index (Phi) is 14.8. The number of piperidine rings is 1. The molecule has 3 aliphatic heterocycles. The number of fused-ring (bicyclic) bond motifs is 3. The Hall–Kier alpha value is -7.31. The van der Waals surface area contributed by atoms with Crippen LogP contribution in [0.3, 0.4) is 0 Å². The van der Waals surface area contributed by atoms with Gasteiger partial charge in [-0.05, 0) is 107 Å². The predicted octanol–water partition coefficient (Wildman–Crippen LogP) is 7.30. The Bertz CT molecular complexity index is 3230. The van der Waals surface area contributed by atoms with Gasteiger partial charge in [-0.25, -0.2) is 9.18 Å². The molecule has 5 heterocycles. The van der Waals surface area contributed by atoms with Crippen molar-refractivity contribution in [2.45, 2.75) is 79.4 Å². The second-order valence-electron chi connectivity index (χ2n) is 20.0. The first-order valence-corrected chi connectivity index (χ1v) is 25.2. The van der Waals surface area contributed by atoms with Crippen molar-refractivity contribution in [2.75, 3.05) is 52.7 Å². The molecule has 1 N–H and O–H groups in total. The van der Waals surface area contributed by atoms with Crippen molar-refractivity contribution in [1.29, 1.82) is 0 Å². The predicted molar refractivity (Wildman–Crippen MR) is 273 cm³/mol. The van der Waals surface area contributed by atoms with Crippen LogP contribution in [-0.2, 0) is 55.2 Å². The molecule has 0 radical (unpaired) electrons. The lowest BCUT2D eigenvalue weighted by Crippen LogP contribution is -2.52. The Morgan fingerprint density at radius 2 is 1.62 bits per heavy atom. The van der Waals surface area contributed by atoms with E-state index in [0.29, 0.717) is 102 Å². The molecule has 3 aliphatic rings. The van der Waals surface area contributed by atoms with E-state index in [-0.39, 0.29) is 61.8 Å². The highest BCUT2D eigenvalue weighted by molar-refractivity contribution is 6.35. The number of carbonyl (C=O) groups excluding carboxylic acids is 6. The Labute approximate surface area is 432 Å². The summed E-state index contributed by atoms with van der Waals surface area (Å²) in [5.74, 6) is -2.02. The quantitative estimate of drug-likeness (QED) is 0.0443. The third-order valence-electron chi connectivity index (χ3n) is 14.1. The highest BCUT2D eigenvalue weighted by Gasteiger charge is 2.40. The zero-order valence-corrected chi connectivity index (χ0v) is 43.1. The summed E-state index contributed by atoms with van der Waals surface area (Å²) in [6.07, 6.45) is 1.22. The van der Waals surface area contributed by atoms with Gasteiger partial charge in [0, 0.05) is 91.5 Å². The lowest BCUT2D eigenvalue weighted by Gasteiger charge is -2.35. The number of imide groups is 1. The molecule has 2 saturated heterocycles. The van der Waals surface area contributed by atoms with Crippen LogP contribution in [-0.4, -0.2) is 123 Å². The van der Waals surface area contributed by atoms with Gasteiger partial charge in [0.25, 0.3) is 11.8 Å². The molecular formula is C55H59ClFN7O10. The van der Waals surface area contributed by atoms with Crippen molar-refractivity contribution in [1.82, 2.24) is 34.4 Å². The van der Waals surface area contributed by atoms with E-state index in [4.69, 9.17) is 35.6 Å². The molecular weight excluding hydrogens is 973 g/mol. The van der Waals surface area contributed by atoms with E-state index in [0.717, 1.165) is 27.7 Å². The lowest BCUT2D eigenvalue weighted by molar-refractivity contribution is -0.161. The molecule has 0 saturated carbocycles. The zero-order valence-electron chi connectivity index (χ0n) is 42.3. The van der Waals surface area contributed by atoms with Gasteiger partial charge in [0.15, 0.2) is 6.61 Å². The number of benzene rings is 4. The molecule has 74 heavy (non-hydrogen) atoms. The molecule has 1 unspecified atom stereocenters. The van der Waals surface area contributed by atoms with Crippen LogP contribution in [0.4, 0.5) is 4.39 Å². The molecule has 17 nitrogen and oxygen atoms in total. The van der Waals surface area contributed by atoms with E-state index >= 15 is 0 Å². The fraction of sp³-hybridized carbons (Fsp3) is 0.400. The fourth-order valence-corrected chi connectivity index (χ4v) is 10.4. The monoisotopic (exact) mass is 1030 g/mol. The van der Waals surface area contributed by atoms with Gasteiger partial charge in [0.05, 0.1) is 34.8 Å². The molecule has 6 aromatic rings. The number of halogens is 2. The van der Waals surface area contributed by atoms with E-state index in [9.17, 15) is 33.2 Å². The van der Waals surface area contributed by atoms with Crippen molar-refractivity contribution in [3.63, 3.8) is 0 Å². The number of hydrogen-bond acceptors (Lipinski definition) is 12. The summed E-state index contributed by atoms with van der Waals surface area (Å²) in [5, 5.41) is 9.76. The molecule has 4 amide bonds. The molecule has 9 rings (SSSR count). The third kappa shape index (κ3) is 10.4. The maximum absolute atomic E-state index is 14.6. The topological polar surface area (TPSA) is 184 Å². The van der Waals surface area contributed by atoms with Gasteiger partial charge in [0.1, 0.15) is 29.1 Å². The zero-order chi connectivity index (χ0) is 52.6. The summed E-state index contributed by atoms with van der Waals surface area (Å²) in [4.78, 5) is 84.3. The summed E-state index contributed by atoms with van der Waals surface area (Å²) < 4.78 is 41.4. The summed E-state index contributed by atoms with van der Waals surface area (Å²) in [7, 11) is 1.86. The minimum Gasteiger partial charge on any atom is -0.493 e. The first kappa shape index (κ1) is 51.6. The number of amides is 4. The van der Waals surface area contributed by atoms with Crippen molar-refractivity contribution < 1.29 is 52.1 Å². The van der Waals surface area contributed by atoms with Crippen LogP contribution in [0.1, 0.15) is 83.4 Å². The van der Waals surface area contributed by atoms with Crippen LogP contribution >= 0.6 is 11.6 Å². The van der Waals surface area contributed by atoms with Gasteiger partial charge in [-0.2, -0.15) is 5.10 Å². The van der Waals surface area contributed by atoms with Crippen molar-refractivity contribution in [3.8, 4) is 22.6 Å². The Balaban J connectivity index is 0.947. The van der Waals surface area contributed by atoms with Gasteiger partial charge in [-0.1, -0.05) is 35.9 Å². The van der Waals surface area contributed by atoms with Crippen LogP contribution in [0.5, 0.6) is 11.5 Å². The molecule has 4 aromatic carbocycles. The second kappa shape index (κ2) is 21.3. The number of nitrogens with zero attached hydrogens (tertiary/aromatic N) is 6. The highest BCUT2D eigenvalue weighted by atomic mass is 35.5. The van der Waals surface area contributed by atoms with Crippen molar-refractivity contribution in [3.05, 3.63) is 111 Å². The van der Waals surface area contributed by atoms with Crippen LogP contribution < -0.4 is 14.8 Å². The van der Waals surface area contributed by atoms with Gasteiger partial charge in [-0.3, -0.25) is 38.9 Å². The molecule has 388 valence electrons. The number of rotatable bonds is 16. The number of nitrogens with one attached hydrogen (secondary N) is 1. The van der Waals surface area contributed by atoms with E-state index in [1.807, 2.05) is 55.8 Å². The molecule has 0 aliphatic carbocycles. The fourth-order valence-electron chi connectivity index (χ4n) is 10.2. The minimum atomic E-state index is -0.829. The number of aromatic nitrogens is 3. The number of hydrogen-bond donors (Lipinski definition) is 1. The van der Waals surface area contributed by atoms with Gasteiger partial charge >= 0.3 is 11.9 Å². The summed E-state index contributed by atoms with van der Waals surface area (Å²) in [6.45, 7) is 11.2. The number of piperazine rings is 1. The third-order valence-corrected chi connectivity index (χ3v) is 14.4. The standard InChI is InChI=1S/C55H59ClFN7O10/c1-32-47(33(2)60(6)59-32)48-41(56)18-17-38-37(12-9-27-71-43-13-7-10-34-28-35(57)15-16-36(34)43)50(53(69)73-31-74-54(70)55(3,4)5)63(49(38)48)26-23-61-21-24-62(25-22-61)46(66)30-72-44-14-8-11-39-40(44)29-64(52(39)68)42-19-20-45(65)58-51(42)67/h7-8,10-11,13-18,28,42H,9,12,19-27,29-31H2,1-6H3,(H,58,65,67). The molecule has 0 spiro atoms. The number of carbonyl (C=O) groups is 6. The van der Waals surface area contributed by atoms with Crippen molar-refractivity contribution >= 4 is 68.8 Å². The SMILES string of the molecule is Cc1nn(C)c(C)c1-c1c(Cl)ccc2c(CCCOc3cccc4cc(F)ccc34)c(C(=O)OCOC(=O)C(C)(C)C)n(CCN3CCN(C(=O)COc4cccc5c4CN(C4CCC(=O)NC4=O)C5=O)CC3)c12. The first-order chi connectivity index (χ1) is 35.4. The van der Waals surface area contributed by atoms with Gasteiger partial charge in [0.2, 0.25) is 18.6 Å². The van der Waals surface area contributed by atoms with E-state index < -0.39 is 36.1 Å². The van der Waals surface area contributed by atoms with Crippen LogP contribution in [0.2, 0.25) is 5.02 Å². The van der Waals surface area contributed by atoms with Crippen LogP contribution in [0.15, 0.2) is 66.7 Å². The Morgan fingerprint density at radius 3 is 2.35 bits per heavy atom. The van der Waals surface area contributed by atoms with Crippen molar-refractivity contribution in [2.24, 2.45) is 12.5 Å². The molecule has 1 atom stereocenters. The number of aryl methyl sites for hydroxylation is 3. The van der Waals surface area contributed by atoms with E-state index in [1.54, 1.807) is 54.6 Å². The molecule has 19 heteroatoms. The summed E-state index contributed by atoms with van der Waals surface area (Å²) in [5.41, 5.74) is 4.98. The maximum atomic E-state index is 14.6. The molecule has 0 bridgehead atoms. The first-order valence-electron chi connectivity index (χ1n) is 24.8. The largest absolute Gasteiger partial charge is 0.493 e. The average molecular weight is 1030 g/mol. The smallest absolute Gasteiger partial charge is 0.358 e. The average Bonchev–Trinajstić information content (AvgIpc) is 3.96. The van der Waals surface area contributed by atoms with E-state index in [2.05, 4.69) is 10.2 Å². The summed E-state index contributed by atoms with van der Waals surface area (Å²) >= 11 is 7.19. The normalized spacial score (nSPS) is 16.2. The van der Waals surface area contributed by atoms with Gasteiger partial charge in [-0.15, -0.1) is 0 Å². The van der Waals surface area contributed by atoms with Crippen LogP contribution in [0.25, 0.3) is 32.8 Å². The highest BCUT2D eigenvalue weighted by Crippen LogP contribution is 2.43. The maximum Gasteiger partial charge on any atom is 0.358 e. The molecule has 2 aromatic heterocycles. The second-order valence-corrected chi connectivity index (χ2v) is 20.4. The minimum absolute atomic E-state index is 0.116. The summed E-state index contributed by atoms with van der Waals surface area (Å²) in [6, 6.07) is 18.0. The number of ether oxygens (including phenoxy) is 4. The van der Waals surface area contributed by atoms with E-state index in [1.165, 1.54) is 17.0 Å². The number of esters is 2. The van der Waals surface area contributed by atoms with Gasteiger partial charge < -0.3 is 33.3 Å². The Morgan fingerprint density at radius 1 is 0.878 bits per heavy atom. The van der Waals surface area contributed by atoms with Crippen LogP contribution in [0, 0.1) is 25.1 Å². The molecule has 2 fully saturated rings.